The van der Waals surface area contributed by atoms with Crippen LogP contribution in [0.1, 0.15) is 34.6 Å². The highest BCUT2D eigenvalue weighted by atomic mass is 79.9. The van der Waals surface area contributed by atoms with Gasteiger partial charge < -0.3 is 14.6 Å². The molecule has 7 heteroatoms. The minimum absolute atomic E-state index is 0.288. The van der Waals surface area contributed by atoms with Crippen LogP contribution in [0.4, 0.5) is 0 Å². The van der Waals surface area contributed by atoms with Gasteiger partial charge in [-0.2, -0.15) is 0 Å². The molecule has 20 heavy (non-hydrogen) atoms. The van der Waals surface area contributed by atoms with Gasteiger partial charge in [-0.15, -0.1) is 0 Å². The second kappa shape index (κ2) is 5.37. The Morgan fingerprint density at radius 2 is 1.95 bits per heavy atom. The van der Waals surface area contributed by atoms with Crippen LogP contribution in [-0.4, -0.2) is 27.7 Å². The van der Waals surface area contributed by atoms with Crippen LogP contribution in [0.2, 0.25) is 0 Å². The van der Waals surface area contributed by atoms with Gasteiger partial charge in [-0.1, -0.05) is 44.0 Å². The number of carboxylic acid groups (broad SMARTS) is 1. The summed E-state index contributed by atoms with van der Waals surface area (Å²) in [4.78, 5) is 21.6. The lowest BCUT2D eigenvalue weighted by Gasteiger charge is -2.33. The van der Waals surface area contributed by atoms with E-state index in [-0.39, 0.29) is 5.56 Å². The van der Waals surface area contributed by atoms with Crippen molar-refractivity contribution in [2.45, 2.75) is 29.3 Å². The molecule has 1 aliphatic rings. The molecule has 5 nitrogen and oxygen atoms in total. The van der Waals surface area contributed by atoms with Gasteiger partial charge in [-0.3, -0.25) is 4.79 Å². The zero-order valence-corrected chi connectivity index (χ0v) is 13.9. The molecule has 0 amide bonds. The Morgan fingerprint density at radius 3 is 2.55 bits per heavy atom. The van der Waals surface area contributed by atoms with Gasteiger partial charge in [-0.25, -0.2) is 4.79 Å². The lowest BCUT2D eigenvalue weighted by atomic mass is 10.0. The molecule has 2 unspecified atom stereocenters. The molecule has 1 aromatic carbocycles. The summed E-state index contributed by atoms with van der Waals surface area (Å²) in [7, 11) is 0. The number of carboxylic acids is 1. The molecule has 0 saturated carbocycles. The average molecular weight is 408 g/mol. The molecule has 1 N–H and O–H groups in total. The molecule has 2 rings (SSSR count). The molecule has 1 heterocycles. The number of benzene rings is 1. The number of para-hydroxylation sites is 1. The largest absolute Gasteiger partial charge is 0.480 e. The van der Waals surface area contributed by atoms with E-state index in [0.717, 1.165) is 0 Å². The summed E-state index contributed by atoms with van der Waals surface area (Å²) in [5.41, 5.74) is 0.868. The Labute approximate surface area is 132 Å². The van der Waals surface area contributed by atoms with Gasteiger partial charge in [0.05, 0.1) is 4.83 Å². The quantitative estimate of drug-likeness (QED) is 0.614. The molecule has 0 radical (unpaired) electrons. The highest BCUT2D eigenvalue weighted by molar-refractivity contribution is 9.12. The second-order valence-electron chi connectivity index (χ2n) is 4.76. The topological polar surface area (TPSA) is 72.8 Å². The lowest BCUT2D eigenvalue weighted by molar-refractivity contribution is -0.136. The lowest BCUT2D eigenvalue weighted by Crippen LogP contribution is -2.39. The summed E-state index contributed by atoms with van der Waals surface area (Å²) in [6.45, 7) is 3.24. The Bertz CT molecular complexity index is 570. The summed E-state index contributed by atoms with van der Waals surface area (Å²) in [6, 6.07) is 4.96. The highest BCUT2D eigenvalue weighted by Gasteiger charge is 2.37. The number of carbonyl (C=O) groups is 2. The third-order valence-corrected chi connectivity index (χ3v) is 5.39. The van der Waals surface area contributed by atoms with E-state index in [1.165, 1.54) is 0 Å². The van der Waals surface area contributed by atoms with Crippen molar-refractivity contribution in [1.82, 2.24) is 0 Å². The maximum atomic E-state index is 11.9. The van der Waals surface area contributed by atoms with Gasteiger partial charge in [-0.05, 0) is 6.07 Å². The number of carbonyl (C=O) groups excluding carboxylic acids is 1. The molecule has 1 aromatic rings. The zero-order valence-electron chi connectivity index (χ0n) is 10.7. The van der Waals surface area contributed by atoms with Gasteiger partial charge in [0.15, 0.2) is 0 Å². The van der Waals surface area contributed by atoms with Gasteiger partial charge in [0.25, 0.3) is 0 Å². The standard InChI is InChI=1S/C13H12Br2O5/c1-13(2)19-10-6(8(14)9(15)11(16)17)4-3-5-7(10)12(18)20-13/h3-5,8-9H,1-2H3,(H,16,17). The number of esters is 1. The van der Waals surface area contributed by atoms with E-state index in [2.05, 4.69) is 31.9 Å². The number of alkyl halides is 2. The third-order valence-electron chi connectivity index (χ3n) is 2.74. The van der Waals surface area contributed by atoms with Gasteiger partial charge >= 0.3 is 11.9 Å². The van der Waals surface area contributed by atoms with Gasteiger partial charge in [0.2, 0.25) is 5.79 Å². The number of cyclic esters (lactones) is 1. The molecule has 0 bridgehead atoms. The van der Waals surface area contributed by atoms with Crippen LogP contribution in [-0.2, 0) is 9.53 Å². The van der Waals surface area contributed by atoms with Crippen molar-refractivity contribution in [2.75, 3.05) is 0 Å². The highest BCUT2D eigenvalue weighted by Crippen LogP contribution is 2.42. The van der Waals surface area contributed by atoms with Gasteiger partial charge in [0.1, 0.15) is 16.1 Å². The van der Waals surface area contributed by atoms with E-state index in [1.54, 1.807) is 32.0 Å². The smallest absolute Gasteiger partial charge is 0.345 e. The molecule has 0 fully saturated rings. The van der Waals surface area contributed by atoms with Crippen LogP contribution in [0, 0.1) is 0 Å². The maximum absolute atomic E-state index is 11.9. The molecule has 2 atom stereocenters. The summed E-state index contributed by atoms with van der Waals surface area (Å²) < 4.78 is 10.8. The number of fused-ring (bicyclic) bond motifs is 1. The molecular weight excluding hydrogens is 396 g/mol. The summed E-state index contributed by atoms with van der Waals surface area (Å²) in [6.07, 6.45) is 0. The zero-order chi connectivity index (χ0) is 15.1. The van der Waals surface area contributed by atoms with Crippen molar-refractivity contribution in [2.24, 2.45) is 0 Å². The van der Waals surface area contributed by atoms with Crippen LogP contribution in [0.3, 0.4) is 0 Å². The first-order chi connectivity index (χ1) is 9.23. The molecule has 108 valence electrons. The normalized spacial score (nSPS) is 19.3. The molecule has 0 aromatic heterocycles. The molecule has 0 aliphatic carbocycles. The SMILES string of the molecule is CC1(C)OC(=O)c2cccc(C(Br)C(Br)C(=O)O)c2O1. The predicted molar refractivity (Wildman–Crippen MR) is 78.6 cm³/mol. The van der Waals surface area contributed by atoms with Crippen molar-refractivity contribution in [1.29, 1.82) is 0 Å². The first-order valence-corrected chi connectivity index (χ1v) is 7.62. The predicted octanol–water partition coefficient (Wildman–Crippen LogP) is 3.26. The number of rotatable bonds is 3. The number of halogens is 2. The summed E-state index contributed by atoms with van der Waals surface area (Å²) in [5, 5.41) is 9.06. The molecule has 0 saturated heterocycles. The van der Waals surface area contributed by atoms with E-state index in [9.17, 15) is 9.59 Å². The summed E-state index contributed by atoms with van der Waals surface area (Å²) in [5.74, 6) is -2.24. The Kier molecular flexibility index (Phi) is 4.11. The van der Waals surface area contributed by atoms with Crippen molar-refractivity contribution >= 4 is 43.8 Å². The number of hydrogen-bond acceptors (Lipinski definition) is 4. The number of aliphatic carboxylic acids is 1. The van der Waals surface area contributed by atoms with E-state index in [1.807, 2.05) is 0 Å². The fraction of sp³-hybridized carbons (Fsp3) is 0.385. The fourth-order valence-corrected chi connectivity index (χ4v) is 2.75. The Balaban J connectivity index is 2.50. The Morgan fingerprint density at radius 1 is 1.30 bits per heavy atom. The van der Waals surface area contributed by atoms with Crippen LogP contribution in [0.15, 0.2) is 18.2 Å². The molecular formula is C13H12Br2O5. The third kappa shape index (κ3) is 2.83. The first-order valence-electron chi connectivity index (χ1n) is 5.79. The average Bonchev–Trinajstić information content (AvgIpc) is 2.35. The monoisotopic (exact) mass is 406 g/mol. The number of hydrogen-bond donors (Lipinski definition) is 1. The van der Waals surface area contributed by atoms with Crippen molar-refractivity contribution in [3.8, 4) is 5.75 Å². The van der Waals surface area contributed by atoms with Crippen molar-refractivity contribution in [3.63, 3.8) is 0 Å². The Hall–Kier alpha value is -1.08. The van der Waals surface area contributed by atoms with Crippen LogP contribution in [0.25, 0.3) is 0 Å². The number of ether oxygens (including phenoxy) is 2. The minimum atomic E-state index is -1.09. The van der Waals surface area contributed by atoms with Crippen molar-refractivity contribution < 1.29 is 24.2 Å². The molecule has 0 spiro atoms. The minimum Gasteiger partial charge on any atom is -0.480 e. The summed E-state index contributed by atoms with van der Waals surface area (Å²) >= 11 is 6.43. The van der Waals surface area contributed by atoms with Gasteiger partial charge in [0, 0.05) is 19.4 Å². The van der Waals surface area contributed by atoms with Crippen molar-refractivity contribution in [3.05, 3.63) is 29.3 Å². The van der Waals surface area contributed by atoms with E-state index >= 15 is 0 Å². The van der Waals surface area contributed by atoms with Crippen LogP contribution >= 0.6 is 31.9 Å². The van der Waals surface area contributed by atoms with E-state index in [4.69, 9.17) is 14.6 Å². The molecule has 1 aliphatic heterocycles. The first kappa shape index (κ1) is 15.3. The maximum Gasteiger partial charge on any atom is 0.345 e. The van der Waals surface area contributed by atoms with E-state index < -0.39 is 27.4 Å². The van der Waals surface area contributed by atoms with Crippen LogP contribution < -0.4 is 4.74 Å². The second-order valence-corrected chi connectivity index (χ2v) is 6.73. The van der Waals surface area contributed by atoms with Crippen LogP contribution in [0.5, 0.6) is 5.75 Å². The fourth-order valence-electron chi connectivity index (χ4n) is 1.87. The van der Waals surface area contributed by atoms with E-state index in [0.29, 0.717) is 11.3 Å².